The fourth-order valence-corrected chi connectivity index (χ4v) is 3.17. The van der Waals surface area contributed by atoms with E-state index in [4.69, 9.17) is 0 Å². The molecule has 1 aromatic carbocycles. The van der Waals surface area contributed by atoms with Crippen LogP contribution in [0.5, 0.6) is 0 Å². The van der Waals surface area contributed by atoms with E-state index in [2.05, 4.69) is 42.7 Å². The van der Waals surface area contributed by atoms with Crippen molar-refractivity contribution in [1.82, 2.24) is 10.6 Å². The summed E-state index contributed by atoms with van der Waals surface area (Å²) < 4.78 is 0. The molecule has 1 atom stereocenters. The minimum atomic E-state index is 0.138. The van der Waals surface area contributed by atoms with Gasteiger partial charge in [0.15, 0.2) is 0 Å². The van der Waals surface area contributed by atoms with Gasteiger partial charge < -0.3 is 10.6 Å². The van der Waals surface area contributed by atoms with E-state index in [0.717, 1.165) is 25.9 Å². The molecule has 0 bridgehead atoms. The van der Waals surface area contributed by atoms with Crippen LogP contribution < -0.4 is 10.6 Å². The van der Waals surface area contributed by atoms with Crippen LogP contribution in [0.15, 0.2) is 23.1 Å². The third kappa shape index (κ3) is 4.55. The lowest BCUT2D eigenvalue weighted by Gasteiger charge is -2.23. The van der Waals surface area contributed by atoms with Crippen LogP contribution in [0.1, 0.15) is 24.0 Å². The van der Waals surface area contributed by atoms with Gasteiger partial charge in [0, 0.05) is 17.5 Å². The molecule has 1 saturated heterocycles. The smallest absolute Gasteiger partial charge is 0.230 e. The highest BCUT2D eigenvalue weighted by atomic mass is 32.2. The van der Waals surface area contributed by atoms with Gasteiger partial charge in [-0.3, -0.25) is 4.79 Å². The Morgan fingerprint density at radius 3 is 3.00 bits per heavy atom. The molecule has 1 aliphatic heterocycles. The minimum absolute atomic E-state index is 0.138. The van der Waals surface area contributed by atoms with Gasteiger partial charge in [-0.1, -0.05) is 17.7 Å². The van der Waals surface area contributed by atoms with Crippen molar-refractivity contribution in [1.29, 1.82) is 0 Å². The van der Waals surface area contributed by atoms with Crippen molar-refractivity contribution in [2.75, 3.05) is 18.8 Å². The first kappa shape index (κ1) is 14.4. The van der Waals surface area contributed by atoms with Gasteiger partial charge in [0.05, 0.1) is 5.75 Å². The van der Waals surface area contributed by atoms with Gasteiger partial charge in [-0.15, -0.1) is 11.8 Å². The molecule has 0 spiro atoms. The second-order valence-electron chi connectivity index (χ2n) is 5.17. The van der Waals surface area contributed by atoms with Gasteiger partial charge in [0.25, 0.3) is 0 Å². The Hall–Kier alpha value is -1.00. The summed E-state index contributed by atoms with van der Waals surface area (Å²) in [6, 6.07) is 6.66. The van der Waals surface area contributed by atoms with E-state index in [9.17, 15) is 4.79 Å². The average Bonchev–Trinajstić information content (AvgIpc) is 2.39. The summed E-state index contributed by atoms with van der Waals surface area (Å²) in [5.41, 5.74) is 2.51. The summed E-state index contributed by atoms with van der Waals surface area (Å²) in [6.45, 7) is 6.16. The summed E-state index contributed by atoms with van der Waals surface area (Å²) in [5, 5.41) is 6.41. The predicted octanol–water partition coefficient (Wildman–Crippen LogP) is 2.26. The number of carbonyl (C=O) groups is 1. The Morgan fingerprint density at radius 2 is 2.32 bits per heavy atom. The van der Waals surface area contributed by atoms with E-state index >= 15 is 0 Å². The molecule has 2 N–H and O–H groups in total. The summed E-state index contributed by atoms with van der Waals surface area (Å²) in [7, 11) is 0. The zero-order chi connectivity index (χ0) is 13.7. The third-order valence-corrected chi connectivity index (χ3v) is 4.53. The molecule has 0 aromatic heterocycles. The van der Waals surface area contributed by atoms with E-state index in [-0.39, 0.29) is 5.91 Å². The summed E-state index contributed by atoms with van der Waals surface area (Å²) in [4.78, 5) is 13.1. The maximum Gasteiger partial charge on any atom is 0.230 e. The van der Waals surface area contributed by atoms with Crippen molar-refractivity contribution >= 4 is 17.7 Å². The number of thioether (sulfide) groups is 1. The first-order valence-electron chi connectivity index (χ1n) is 6.85. The molecule has 0 saturated carbocycles. The molecule has 3 nitrogen and oxygen atoms in total. The highest BCUT2D eigenvalue weighted by Gasteiger charge is 2.15. The van der Waals surface area contributed by atoms with Crippen LogP contribution >= 0.6 is 11.8 Å². The first-order valence-corrected chi connectivity index (χ1v) is 7.84. The summed E-state index contributed by atoms with van der Waals surface area (Å²) in [5.74, 6) is 0.638. The van der Waals surface area contributed by atoms with Crippen molar-refractivity contribution < 1.29 is 4.79 Å². The lowest BCUT2D eigenvalue weighted by molar-refractivity contribution is -0.119. The largest absolute Gasteiger partial charge is 0.351 e. The number of nitrogens with one attached hydrogen (secondary N) is 2. The summed E-state index contributed by atoms with van der Waals surface area (Å²) >= 11 is 1.62. The van der Waals surface area contributed by atoms with Crippen molar-refractivity contribution in [2.24, 2.45) is 0 Å². The van der Waals surface area contributed by atoms with E-state index in [0.29, 0.717) is 11.8 Å². The fourth-order valence-electron chi connectivity index (χ4n) is 2.35. The monoisotopic (exact) mass is 278 g/mol. The van der Waals surface area contributed by atoms with Crippen LogP contribution in [0.25, 0.3) is 0 Å². The molecule has 1 aromatic rings. The number of carbonyl (C=O) groups excluding carboxylic acids is 1. The molecule has 19 heavy (non-hydrogen) atoms. The molecule has 1 fully saturated rings. The molecule has 0 unspecified atom stereocenters. The SMILES string of the molecule is Cc1ccc(SCC(=O)N[C@H]2CCCNC2)c(C)c1. The lowest BCUT2D eigenvalue weighted by Crippen LogP contribution is -2.46. The summed E-state index contributed by atoms with van der Waals surface area (Å²) in [6.07, 6.45) is 2.24. The standard InChI is InChI=1S/C15H22N2OS/c1-11-5-6-14(12(2)8-11)19-10-15(18)17-13-4-3-7-16-9-13/h5-6,8,13,16H,3-4,7,9-10H2,1-2H3,(H,17,18)/t13-/m0/s1. The maximum absolute atomic E-state index is 11.9. The molecule has 4 heteroatoms. The molecular formula is C15H22N2OS. The van der Waals surface area contributed by atoms with Crippen LogP contribution in [-0.2, 0) is 4.79 Å². The van der Waals surface area contributed by atoms with Gasteiger partial charge >= 0.3 is 0 Å². The number of hydrogen-bond acceptors (Lipinski definition) is 3. The molecule has 0 aliphatic carbocycles. The van der Waals surface area contributed by atoms with E-state index in [1.54, 1.807) is 11.8 Å². The fraction of sp³-hybridized carbons (Fsp3) is 0.533. The van der Waals surface area contributed by atoms with Crippen molar-refractivity contribution in [3.63, 3.8) is 0 Å². The van der Waals surface area contributed by atoms with Gasteiger partial charge in [-0.25, -0.2) is 0 Å². The number of benzene rings is 1. The second-order valence-corrected chi connectivity index (χ2v) is 6.19. The van der Waals surface area contributed by atoms with Crippen LogP contribution in [0, 0.1) is 13.8 Å². The molecule has 104 valence electrons. The van der Waals surface area contributed by atoms with Gasteiger partial charge in [-0.2, -0.15) is 0 Å². The number of piperidine rings is 1. The van der Waals surface area contributed by atoms with Gasteiger partial charge in [0.1, 0.15) is 0 Å². The molecule has 1 amide bonds. The zero-order valence-corrected chi connectivity index (χ0v) is 12.5. The van der Waals surface area contributed by atoms with Crippen LogP contribution in [0.2, 0.25) is 0 Å². The zero-order valence-electron chi connectivity index (χ0n) is 11.7. The van der Waals surface area contributed by atoms with Crippen molar-refractivity contribution in [2.45, 2.75) is 37.6 Å². The number of amides is 1. The Labute approximate surface area is 119 Å². The van der Waals surface area contributed by atoms with Crippen LogP contribution in [0.4, 0.5) is 0 Å². The molecule has 0 radical (unpaired) electrons. The van der Waals surface area contributed by atoms with E-state index in [1.807, 2.05) is 0 Å². The Bertz CT molecular complexity index is 442. The topological polar surface area (TPSA) is 41.1 Å². The van der Waals surface area contributed by atoms with Crippen molar-refractivity contribution in [3.05, 3.63) is 29.3 Å². The average molecular weight is 278 g/mol. The van der Waals surface area contributed by atoms with Crippen LogP contribution in [-0.4, -0.2) is 30.8 Å². The minimum Gasteiger partial charge on any atom is -0.351 e. The Morgan fingerprint density at radius 1 is 1.47 bits per heavy atom. The highest BCUT2D eigenvalue weighted by molar-refractivity contribution is 8.00. The van der Waals surface area contributed by atoms with Crippen molar-refractivity contribution in [3.8, 4) is 0 Å². The third-order valence-electron chi connectivity index (χ3n) is 3.35. The second kappa shape index (κ2) is 6.96. The number of hydrogen-bond donors (Lipinski definition) is 2. The normalized spacial score (nSPS) is 19.2. The van der Waals surface area contributed by atoms with Crippen LogP contribution in [0.3, 0.4) is 0 Å². The van der Waals surface area contributed by atoms with Gasteiger partial charge in [0.2, 0.25) is 5.91 Å². The molecule has 1 aliphatic rings. The maximum atomic E-state index is 11.9. The van der Waals surface area contributed by atoms with E-state index in [1.165, 1.54) is 16.0 Å². The lowest BCUT2D eigenvalue weighted by atomic mass is 10.1. The quantitative estimate of drug-likeness (QED) is 0.830. The molecule has 1 heterocycles. The Balaban J connectivity index is 1.79. The number of rotatable bonds is 4. The Kier molecular flexibility index (Phi) is 5.28. The molecular weight excluding hydrogens is 256 g/mol. The highest BCUT2D eigenvalue weighted by Crippen LogP contribution is 2.22. The predicted molar refractivity (Wildman–Crippen MR) is 80.7 cm³/mol. The first-order chi connectivity index (χ1) is 9.15. The van der Waals surface area contributed by atoms with Gasteiger partial charge in [-0.05, 0) is 44.9 Å². The van der Waals surface area contributed by atoms with E-state index < -0.39 is 0 Å². The number of aryl methyl sites for hydroxylation is 2. The molecule has 2 rings (SSSR count).